The fraction of sp³-hybridized carbons (Fsp3) is 0.478. The predicted molar refractivity (Wildman–Crippen MR) is 115 cm³/mol. The summed E-state index contributed by atoms with van der Waals surface area (Å²) in [6, 6.07) is 9.89. The molecule has 2 amide bonds. The number of carbonyl (C=O) groups excluding carboxylic acids is 3. The minimum Gasteiger partial charge on any atom is -0.455 e. The summed E-state index contributed by atoms with van der Waals surface area (Å²) in [5.41, 5.74) is 2.97. The second-order valence-electron chi connectivity index (χ2n) is 8.33. The van der Waals surface area contributed by atoms with Gasteiger partial charge >= 0.3 is 5.97 Å². The first-order valence-corrected chi connectivity index (χ1v) is 10.8. The van der Waals surface area contributed by atoms with Crippen molar-refractivity contribution in [3.05, 3.63) is 41.7 Å². The lowest BCUT2D eigenvalue weighted by Gasteiger charge is -2.23. The Hall–Kier alpha value is -3.16. The van der Waals surface area contributed by atoms with Gasteiger partial charge in [-0.05, 0) is 38.8 Å². The summed E-state index contributed by atoms with van der Waals surface area (Å²) >= 11 is 0. The zero-order valence-electron chi connectivity index (χ0n) is 18.0. The Morgan fingerprint density at radius 3 is 2.58 bits per heavy atom. The number of aromatic nitrogens is 2. The number of hydrogen-bond donors (Lipinski definition) is 1. The van der Waals surface area contributed by atoms with E-state index in [1.165, 1.54) is 0 Å². The molecule has 2 fully saturated rings. The second-order valence-corrected chi connectivity index (χ2v) is 8.33. The van der Waals surface area contributed by atoms with Crippen LogP contribution in [-0.4, -0.2) is 51.7 Å². The Labute approximate surface area is 181 Å². The van der Waals surface area contributed by atoms with Gasteiger partial charge in [-0.15, -0.1) is 0 Å². The van der Waals surface area contributed by atoms with Crippen LogP contribution in [0, 0.1) is 19.8 Å². The molecule has 0 spiro atoms. The maximum atomic E-state index is 12.4. The van der Waals surface area contributed by atoms with E-state index in [-0.39, 0.29) is 25.0 Å². The molecule has 1 aliphatic carbocycles. The highest BCUT2D eigenvalue weighted by Crippen LogP contribution is 2.30. The average molecular weight is 425 g/mol. The highest BCUT2D eigenvalue weighted by Gasteiger charge is 2.39. The molecule has 0 radical (unpaired) electrons. The maximum absolute atomic E-state index is 12.4. The van der Waals surface area contributed by atoms with E-state index in [9.17, 15) is 14.4 Å². The standard InChI is InChI=1S/C23H28N4O4/c1-15-22(16(2)27(25-15)19-10-4-3-5-11-19)24-20(28)14-31-23(30)17-12-21(29)26(13-17)18-8-6-7-9-18/h3-5,10-11,17-18H,6-9,12-14H2,1-2H3,(H,24,28)/t17-/m1/s1. The molecule has 1 saturated carbocycles. The third-order valence-corrected chi connectivity index (χ3v) is 6.16. The van der Waals surface area contributed by atoms with E-state index >= 15 is 0 Å². The Morgan fingerprint density at radius 2 is 1.87 bits per heavy atom. The van der Waals surface area contributed by atoms with Crippen LogP contribution in [0.15, 0.2) is 30.3 Å². The third-order valence-electron chi connectivity index (χ3n) is 6.16. The fourth-order valence-corrected chi connectivity index (χ4v) is 4.53. The number of anilines is 1. The zero-order valence-corrected chi connectivity index (χ0v) is 18.0. The molecule has 0 bridgehead atoms. The van der Waals surface area contributed by atoms with E-state index < -0.39 is 17.8 Å². The number of esters is 1. The lowest BCUT2D eigenvalue weighted by atomic mass is 10.1. The topological polar surface area (TPSA) is 93.5 Å². The summed E-state index contributed by atoms with van der Waals surface area (Å²) in [6.07, 6.45) is 4.43. The monoisotopic (exact) mass is 424 g/mol. The third kappa shape index (κ3) is 4.47. The maximum Gasteiger partial charge on any atom is 0.311 e. The Bertz CT molecular complexity index is 979. The van der Waals surface area contributed by atoms with Crippen LogP contribution < -0.4 is 5.32 Å². The number of rotatable bonds is 6. The van der Waals surface area contributed by atoms with Gasteiger partial charge in [-0.1, -0.05) is 31.0 Å². The van der Waals surface area contributed by atoms with E-state index in [1.54, 1.807) is 4.68 Å². The van der Waals surface area contributed by atoms with Gasteiger partial charge in [0.1, 0.15) is 0 Å². The number of ether oxygens (including phenoxy) is 1. The first-order valence-electron chi connectivity index (χ1n) is 10.8. The highest BCUT2D eigenvalue weighted by molar-refractivity contribution is 5.94. The summed E-state index contributed by atoms with van der Waals surface area (Å²) in [6.45, 7) is 3.69. The normalized spacial score (nSPS) is 19.1. The van der Waals surface area contributed by atoms with Crippen molar-refractivity contribution in [2.24, 2.45) is 5.92 Å². The first-order chi connectivity index (χ1) is 14.9. The van der Waals surface area contributed by atoms with Gasteiger partial charge in [0, 0.05) is 19.0 Å². The molecule has 1 aromatic carbocycles. The minimum absolute atomic E-state index is 0.0119. The molecule has 1 aliphatic heterocycles. The van der Waals surface area contributed by atoms with Crippen molar-refractivity contribution in [2.45, 2.75) is 52.0 Å². The van der Waals surface area contributed by atoms with Crippen LogP contribution in [0.5, 0.6) is 0 Å². The van der Waals surface area contributed by atoms with Crippen molar-refractivity contribution in [1.82, 2.24) is 14.7 Å². The first kappa shape index (κ1) is 21.1. The molecular weight excluding hydrogens is 396 g/mol. The number of nitrogens with zero attached hydrogens (tertiary/aromatic N) is 3. The lowest BCUT2D eigenvalue weighted by Crippen LogP contribution is -2.35. The van der Waals surface area contributed by atoms with Crippen molar-refractivity contribution >= 4 is 23.5 Å². The van der Waals surface area contributed by atoms with Crippen molar-refractivity contribution < 1.29 is 19.1 Å². The van der Waals surface area contributed by atoms with Gasteiger partial charge in [0.25, 0.3) is 5.91 Å². The molecule has 1 saturated heterocycles. The SMILES string of the molecule is Cc1nn(-c2ccccc2)c(C)c1NC(=O)COC(=O)[C@@H]1CC(=O)N(C2CCCC2)C1. The fourth-order valence-electron chi connectivity index (χ4n) is 4.53. The molecule has 1 atom stereocenters. The van der Waals surface area contributed by atoms with Gasteiger partial charge in [0.2, 0.25) is 5.91 Å². The highest BCUT2D eigenvalue weighted by atomic mass is 16.5. The summed E-state index contributed by atoms with van der Waals surface area (Å²) < 4.78 is 7.00. The predicted octanol–water partition coefficient (Wildman–Crippen LogP) is 2.76. The minimum atomic E-state index is -0.495. The molecule has 4 rings (SSSR count). The van der Waals surface area contributed by atoms with Crippen LogP contribution in [0.3, 0.4) is 0 Å². The summed E-state index contributed by atoms with van der Waals surface area (Å²) in [5, 5.41) is 7.30. The van der Waals surface area contributed by atoms with E-state index in [4.69, 9.17) is 4.74 Å². The van der Waals surface area contributed by atoms with E-state index in [0.29, 0.717) is 17.9 Å². The molecule has 1 N–H and O–H groups in total. The summed E-state index contributed by atoms with van der Waals surface area (Å²) in [5.74, 6) is -1.40. The smallest absolute Gasteiger partial charge is 0.311 e. The number of para-hydroxylation sites is 1. The summed E-state index contributed by atoms with van der Waals surface area (Å²) in [4.78, 5) is 39.0. The van der Waals surface area contributed by atoms with E-state index in [1.807, 2.05) is 49.1 Å². The number of hydrogen-bond acceptors (Lipinski definition) is 5. The van der Waals surface area contributed by atoms with E-state index in [2.05, 4.69) is 10.4 Å². The molecular formula is C23H28N4O4. The Kier molecular flexibility index (Phi) is 6.06. The van der Waals surface area contributed by atoms with Crippen molar-refractivity contribution in [1.29, 1.82) is 0 Å². The van der Waals surface area contributed by atoms with Gasteiger partial charge < -0.3 is 15.0 Å². The largest absolute Gasteiger partial charge is 0.455 e. The lowest BCUT2D eigenvalue weighted by molar-refractivity contribution is -0.151. The number of aryl methyl sites for hydroxylation is 1. The van der Waals surface area contributed by atoms with Crippen LogP contribution >= 0.6 is 0 Å². The molecule has 1 aromatic heterocycles. The van der Waals surface area contributed by atoms with Gasteiger partial charge in [-0.25, -0.2) is 4.68 Å². The van der Waals surface area contributed by atoms with Crippen LogP contribution in [0.25, 0.3) is 5.69 Å². The number of amides is 2. The van der Waals surface area contributed by atoms with Gasteiger partial charge in [-0.2, -0.15) is 5.10 Å². The van der Waals surface area contributed by atoms with Crippen LogP contribution in [0.2, 0.25) is 0 Å². The number of benzene rings is 1. The molecule has 2 aromatic rings. The average Bonchev–Trinajstić information content (AvgIpc) is 3.49. The molecule has 2 heterocycles. The van der Waals surface area contributed by atoms with Crippen molar-refractivity contribution in [2.75, 3.05) is 18.5 Å². The Balaban J connectivity index is 1.32. The zero-order chi connectivity index (χ0) is 22.0. The second kappa shape index (κ2) is 8.91. The van der Waals surface area contributed by atoms with Crippen LogP contribution in [-0.2, 0) is 19.1 Å². The van der Waals surface area contributed by atoms with Gasteiger partial charge in [-0.3, -0.25) is 14.4 Å². The molecule has 8 nitrogen and oxygen atoms in total. The van der Waals surface area contributed by atoms with Gasteiger partial charge in [0.15, 0.2) is 6.61 Å². The molecule has 8 heteroatoms. The molecule has 31 heavy (non-hydrogen) atoms. The number of nitrogens with one attached hydrogen (secondary N) is 1. The molecule has 2 aliphatic rings. The van der Waals surface area contributed by atoms with Crippen LogP contribution in [0.4, 0.5) is 5.69 Å². The quantitative estimate of drug-likeness (QED) is 0.720. The van der Waals surface area contributed by atoms with Crippen LogP contribution in [0.1, 0.15) is 43.5 Å². The van der Waals surface area contributed by atoms with Crippen molar-refractivity contribution in [3.8, 4) is 5.69 Å². The van der Waals surface area contributed by atoms with Gasteiger partial charge in [0.05, 0.1) is 28.7 Å². The number of carbonyl (C=O) groups is 3. The molecule has 0 unspecified atom stereocenters. The molecule has 164 valence electrons. The van der Waals surface area contributed by atoms with Crippen molar-refractivity contribution in [3.63, 3.8) is 0 Å². The number of likely N-dealkylation sites (tertiary alicyclic amines) is 1. The summed E-state index contributed by atoms with van der Waals surface area (Å²) in [7, 11) is 0. The Morgan fingerprint density at radius 1 is 1.16 bits per heavy atom. The van der Waals surface area contributed by atoms with E-state index in [0.717, 1.165) is 37.1 Å².